The number of rotatable bonds is 5. The maximum Gasteiger partial charge on any atom is 0.196 e. The van der Waals surface area contributed by atoms with E-state index in [4.69, 9.17) is 20.1 Å². The predicted octanol–water partition coefficient (Wildman–Crippen LogP) is 4.76. The molecule has 2 heterocycles. The highest BCUT2D eigenvalue weighted by Crippen LogP contribution is 2.32. The van der Waals surface area contributed by atoms with Crippen molar-refractivity contribution in [2.24, 2.45) is 5.73 Å². The summed E-state index contributed by atoms with van der Waals surface area (Å²) in [7, 11) is 4.10. The number of halogens is 1. The zero-order valence-corrected chi connectivity index (χ0v) is 16.9. The number of nitrogens with two attached hydrogens (primary N) is 1. The Bertz CT molecular complexity index is 1070. The van der Waals surface area contributed by atoms with Crippen LogP contribution in [0.4, 0.5) is 0 Å². The zero-order valence-electron chi connectivity index (χ0n) is 15.3. The first-order valence-corrected chi connectivity index (χ1v) is 9.69. The first-order valence-electron chi connectivity index (χ1n) is 8.89. The van der Waals surface area contributed by atoms with Crippen LogP contribution >= 0.6 is 15.9 Å². The summed E-state index contributed by atoms with van der Waals surface area (Å²) in [5.74, 6) is 1.27. The topological polar surface area (TPSA) is 68.2 Å². The first kappa shape index (κ1) is 18.1. The van der Waals surface area contributed by atoms with Crippen LogP contribution in [-0.2, 0) is 0 Å². The fourth-order valence-electron chi connectivity index (χ4n) is 3.38. The Morgan fingerprint density at radius 3 is 2.67 bits per heavy atom. The van der Waals surface area contributed by atoms with Gasteiger partial charge >= 0.3 is 0 Å². The van der Waals surface area contributed by atoms with Gasteiger partial charge in [-0.25, -0.2) is 9.97 Å². The fraction of sp³-hybridized carbons (Fsp3) is 0.238. The highest BCUT2D eigenvalue weighted by Gasteiger charge is 2.21. The van der Waals surface area contributed by atoms with Crippen molar-refractivity contribution in [3.05, 3.63) is 58.7 Å². The number of furan rings is 1. The zero-order chi connectivity index (χ0) is 19.0. The molecule has 138 valence electrons. The SMILES string of the molecule is CN(C)C(CCN)c1nc(-c2cc3ccccc3o2)nc2ccc(Br)cc12. The van der Waals surface area contributed by atoms with E-state index in [0.29, 0.717) is 18.1 Å². The van der Waals surface area contributed by atoms with Crippen LogP contribution in [0.15, 0.2) is 57.4 Å². The molecule has 0 spiro atoms. The van der Waals surface area contributed by atoms with Crippen molar-refractivity contribution in [2.45, 2.75) is 12.5 Å². The molecule has 5 nitrogen and oxygen atoms in total. The van der Waals surface area contributed by atoms with E-state index in [-0.39, 0.29) is 6.04 Å². The van der Waals surface area contributed by atoms with Crippen LogP contribution < -0.4 is 5.73 Å². The number of nitrogens with zero attached hydrogens (tertiary/aromatic N) is 3. The van der Waals surface area contributed by atoms with Crippen LogP contribution in [0.1, 0.15) is 18.2 Å². The Balaban J connectivity index is 1.95. The maximum absolute atomic E-state index is 6.01. The summed E-state index contributed by atoms with van der Waals surface area (Å²) in [4.78, 5) is 11.8. The molecule has 0 fully saturated rings. The third-order valence-electron chi connectivity index (χ3n) is 4.71. The van der Waals surface area contributed by atoms with E-state index in [0.717, 1.165) is 38.5 Å². The monoisotopic (exact) mass is 424 g/mol. The summed E-state index contributed by atoms with van der Waals surface area (Å²) in [5.41, 5.74) is 8.57. The van der Waals surface area contributed by atoms with Crippen LogP contribution in [-0.4, -0.2) is 35.5 Å². The highest BCUT2D eigenvalue weighted by atomic mass is 79.9. The van der Waals surface area contributed by atoms with Gasteiger partial charge in [0.1, 0.15) is 5.58 Å². The molecule has 0 saturated carbocycles. The molecule has 2 N–H and O–H groups in total. The molecule has 4 rings (SSSR count). The minimum absolute atomic E-state index is 0.0953. The van der Waals surface area contributed by atoms with Crippen molar-refractivity contribution in [1.29, 1.82) is 0 Å². The lowest BCUT2D eigenvalue weighted by Crippen LogP contribution is -2.24. The summed E-state index contributed by atoms with van der Waals surface area (Å²) < 4.78 is 7.01. The van der Waals surface area contributed by atoms with Gasteiger partial charge in [-0.1, -0.05) is 34.1 Å². The first-order chi connectivity index (χ1) is 13.1. The van der Waals surface area contributed by atoms with Gasteiger partial charge in [-0.05, 0) is 57.4 Å². The number of benzene rings is 2. The van der Waals surface area contributed by atoms with Gasteiger partial charge in [0.2, 0.25) is 0 Å². The van der Waals surface area contributed by atoms with Crippen LogP contribution in [0.3, 0.4) is 0 Å². The molecule has 0 saturated heterocycles. The standard InChI is InChI=1S/C21H21BrN4O/c1-26(2)17(9-10-23)20-15-12-14(22)7-8-16(15)24-21(25-20)19-11-13-5-3-4-6-18(13)27-19/h3-8,11-12,17H,9-10,23H2,1-2H3. The van der Waals surface area contributed by atoms with Gasteiger partial charge in [-0.3, -0.25) is 0 Å². The average molecular weight is 425 g/mol. The van der Waals surface area contributed by atoms with Crippen molar-refractivity contribution in [1.82, 2.24) is 14.9 Å². The molecular formula is C21H21BrN4O. The molecular weight excluding hydrogens is 404 g/mol. The minimum atomic E-state index is 0.0953. The Hall–Kier alpha value is -2.28. The second kappa shape index (κ2) is 7.38. The van der Waals surface area contributed by atoms with E-state index in [9.17, 15) is 0 Å². The van der Waals surface area contributed by atoms with E-state index in [2.05, 4.69) is 26.9 Å². The number of hydrogen-bond acceptors (Lipinski definition) is 5. The van der Waals surface area contributed by atoms with E-state index in [1.165, 1.54) is 0 Å². The molecule has 0 aliphatic carbocycles. The van der Waals surface area contributed by atoms with Gasteiger partial charge in [0.15, 0.2) is 11.6 Å². The second-order valence-electron chi connectivity index (χ2n) is 6.80. The third kappa shape index (κ3) is 3.48. The van der Waals surface area contributed by atoms with Gasteiger partial charge in [0.25, 0.3) is 0 Å². The molecule has 4 aromatic rings. The lowest BCUT2D eigenvalue weighted by molar-refractivity contribution is 0.283. The second-order valence-corrected chi connectivity index (χ2v) is 7.71. The van der Waals surface area contributed by atoms with E-state index in [1.54, 1.807) is 0 Å². The van der Waals surface area contributed by atoms with E-state index in [1.807, 2.05) is 56.6 Å². The van der Waals surface area contributed by atoms with Crippen LogP contribution in [0.5, 0.6) is 0 Å². The normalized spacial score (nSPS) is 12.9. The van der Waals surface area contributed by atoms with Gasteiger partial charge in [-0.15, -0.1) is 0 Å². The number of para-hydroxylation sites is 1. The van der Waals surface area contributed by atoms with Gasteiger partial charge < -0.3 is 15.1 Å². The van der Waals surface area contributed by atoms with Gasteiger partial charge in [0, 0.05) is 15.2 Å². The summed E-state index contributed by atoms with van der Waals surface area (Å²) >= 11 is 3.57. The lowest BCUT2D eigenvalue weighted by atomic mass is 10.0. The van der Waals surface area contributed by atoms with Gasteiger partial charge in [-0.2, -0.15) is 0 Å². The van der Waals surface area contributed by atoms with Gasteiger partial charge in [0.05, 0.1) is 17.3 Å². The molecule has 0 bridgehead atoms. The Morgan fingerprint density at radius 1 is 1.11 bits per heavy atom. The van der Waals surface area contributed by atoms with Crippen LogP contribution in [0, 0.1) is 0 Å². The van der Waals surface area contributed by atoms with Crippen molar-refractivity contribution in [2.75, 3.05) is 20.6 Å². The van der Waals surface area contributed by atoms with Crippen LogP contribution in [0.2, 0.25) is 0 Å². The molecule has 0 aliphatic rings. The minimum Gasteiger partial charge on any atom is -0.453 e. The van der Waals surface area contributed by atoms with Crippen molar-refractivity contribution < 1.29 is 4.42 Å². The average Bonchev–Trinajstić information content (AvgIpc) is 3.09. The Kier molecular flexibility index (Phi) is 4.95. The predicted molar refractivity (Wildman–Crippen MR) is 113 cm³/mol. The molecule has 6 heteroatoms. The third-order valence-corrected chi connectivity index (χ3v) is 5.21. The summed E-state index contributed by atoms with van der Waals surface area (Å²) in [6.45, 7) is 0.586. The van der Waals surface area contributed by atoms with E-state index >= 15 is 0 Å². The van der Waals surface area contributed by atoms with Crippen molar-refractivity contribution in [3.8, 4) is 11.6 Å². The number of aromatic nitrogens is 2. The molecule has 0 aliphatic heterocycles. The Labute approximate surface area is 166 Å². The molecule has 2 aromatic carbocycles. The smallest absolute Gasteiger partial charge is 0.196 e. The molecule has 1 unspecified atom stereocenters. The number of fused-ring (bicyclic) bond motifs is 2. The fourth-order valence-corrected chi connectivity index (χ4v) is 3.74. The number of hydrogen-bond donors (Lipinski definition) is 1. The molecule has 2 aromatic heterocycles. The maximum atomic E-state index is 6.01. The summed E-state index contributed by atoms with van der Waals surface area (Å²) in [6.07, 6.45) is 0.811. The van der Waals surface area contributed by atoms with E-state index < -0.39 is 0 Å². The molecule has 0 radical (unpaired) electrons. The Morgan fingerprint density at radius 2 is 1.93 bits per heavy atom. The lowest BCUT2D eigenvalue weighted by Gasteiger charge is -2.24. The quantitative estimate of drug-likeness (QED) is 0.500. The highest BCUT2D eigenvalue weighted by molar-refractivity contribution is 9.10. The summed E-state index contributed by atoms with van der Waals surface area (Å²) in [6, 6.07) is 16.1. The molecule has 0 amide bonds. The summed E-state index contributed by atoms with van der Waals surface area (Å²) in [5, 5.41) is 2.07. The van der Waals surface area contributed by atoms with Crippen LogP contribution in [0.25, 0.3) is 33.5 Å². The molecule has 1 atom stereocenters. The molecule has 27 heavy (non-hydrogen) atoms. The van der Waals surface area contributed by atoms with Crippen molar-refractivity contribution in [3.63, 3.8) is 0 Å². The largest absolute Gasteiger partial charge is 0.453 e. The van der Waals surface area contributed by atoms with Crippen molar-refractivity contribution >= 4 is 37.8 Å².